The van der Waals surface area contributed by atoms with Crippen LogP contribution in [-0.2, 0) is 14.4 Å². The van der Waals surface area contributed by atoms with Crippen molar-refractivity contribution in [2.24, 2.45) is 29.1 Å². The average molecular weight is 381 g/mol. The third-order valence-electron chi connectivity index (χ3n) is 7.69. The molecule has 4 bridgehead atoms. The van der Waals surface area contributed by atoms with Crippen LogP contribution < -0.4 is 0 Å². The Bertz CT molecular complexity index is 714. The molecule has 4 fully saturated rings. The Kier molecular flexibility index (Phi) is 5.28. The summed E-state index contributed by atoms with van der Waals surface area (Å²) in [6.45, 7) is 2.96. The van der Waals surface area contributed by atoms with Gasteiger partial charge in [-0.3, -0.25) is 14.4 Å². The maximum absolute atomic E-state index is 13.2. The molecule has 0 spiro atoms. The van der Waals surface area contributed by atoms with Gasteiger partial charge in [0.15, 0.2) is 0 Å². The zero-order chi connectivity index (χ0) is 19.9. The van der Waals surface area contributed by atoms with Crippen LogP contribution in [0.25, 0.3) is 0 Å². The van der Waals surface area contributed by atoms with Crippen molar-refractivity contribution in [1.29, 1.82) is 0 Å². The number of benzene rings is 1. The highest BCUT2D eigenvalue weighted by Gasteiger charge is 2.51. The fraction of sp³-hybridized carbons (Fsp3) is 0.640. The minimum Gasteiger partial charge on any atom is -0.300 e. The fourth-order valence-corrected chi connectivity index (χ4v) is 7.22. The second-order valence-electron chi connectivity index (χ2n) is 10.1. The first-order valence-electron chi connectivity index (χ1n) is 10.9. The second-order valence-corrected chi connectivity index (χ2v) is 10.1. The lowest BCUT2D eigenvalue weighted by atomic mass is 9.48. The Balaban J connectivity index is 1.53. The molecule has 4 saturated carbocycles. The van der Waals surface area contributed by atoms with Gasteiger partial charge in [-0.2, -0.15) is 0 Å². The Morgan fingerprint density at radius 1 is 0.893 bits per heavy atom. The molecule has 5 rings (SSSR count). The van der Waals surface area contributed by atoms with E-state index in [4.69, 9.17) is 0 Å². The lowest BCUT2D eigenvalue weighted by Gasteiger charge is -2.56. The maximum atomic E-state index is 13.2. The molecule has 1 unspecified atom stereocenters. The van der Waals surface area contributed by atoms with E-state index in [2.05, 4.69) is 0 Å². The maximum Gasteiger partial charge on any atom is 0.140 e. The summed E-state index contributed by atoms with van der Waals surface area (Å²) in [6.07, 6.45) is 8.69. The third-order valence-corrected chi connectivity index (χ3v) is 7.69. The summed E-state index contributed by atoms with van der Waals surface area (Å²) in [5.41, 5.74) is 1.13. The third kappa shape index (κ3) is 3.86. The van der Waals surface area contributed by atoms with Crippen molar-refractivity contribution in [1.82, 2.24) is 0 Å². The number of Topliss-reactive ketones (excluding diaryl/α,β-unsaturated/α-hetero) is 3. The van der Waals surface area contributed by atoms with Crippen LogP contribution in [0.15, 0.2) is 30.3 Å². The van der Waals surface area contributed by atoms with Crippen LogP contribution in [-0.4, -0.2) is 17.3 Å². The number of carbonyl (C=O) groups is 3. The zero-order valence-corrected chi connectivity index (χ0v) is 17.2. The Morgan fingerprint density at radius 2 is 1.39 bits per heavy atom. The molecule has 3 nitrogen and oxygen atoms in total. The number of hydrogen-bond donors (Lipinski definition) is 0. The number of ketones is 3. The molecule has 0 aromatic heterocycles. The number of hydrogen-bond acceptors (Lipinski definition) is 3. The van der Waals surface area contributed by atoms with Crippen molar-refractivity contribution < 1.29 is 14.4 Å². The Morgan fingerprint density at radius 3 is 1.86 bits per heavy atom. The van der Waals surface area contributed by atoms with Crippen LogP contribution in [0.4, 0.5) is 0 Å². The molecule has 1 atom stereocenters. The molecular formula is C25H32O3. The molecule has 3 heteroatoms. The topological polar surface area (TPSA) is 51.2 Å². The summed E-state index contributed by atoms with van der Waals surface area (Å²) >= 11 is 0. The fourth-order valence-electron chi connectivity index (χ4n) is 7.22. The molecule has 1 aromatic rings. The van der Waals surface area contributed by atoms with Crippen LogP contribution >= 0.6 is 0 Å². The Hall–Kier alpha value is -1.77. The summed E-state index contributed by atoms with van der Waals surface area (Å²) in [5.74, 6) is 1.39. The quantitative estimate of drug-likeness (QED) is 0.588. The minimum absolute atomic E-state index is 0.135. The van der Waals surface area contributed by atoms with Gasteiger partial charge in [-0.15, -0.1) is 0 Å². The summed E-state index contributed by atoms with van der Waals surface area (Å²) in [5, 5.41) is 0. The predicted octanol–water partition coefficient (Wildman–Crippen LogP) is 5.13. The van der Waals surface area contributed by atoms with Gasteiger partial charge in [0.1, 0.15) is 17.3 Å². The van der Waals surface area contributed by atoms with Crippen molar-refractivity contribution in [3.63, 3.8) is 0 Å². The van der Waals surface area contributed by atoms with Crippen molar-refractivity contribution in [3.05, 3.63) is 35.9 Å². The van der Waals surface area contributed by atoms with Crippen molar-refractivity contribution in [2.75, 3.05) is 0 Å². The molecule has 4 aliphatic rings. The van der Waals surface area contributed by atoms with Gasteiger partial charge < -0.3 is 0 Å². The van der Waals surface area contributed by atoms with Crippen LogP contribution in [0.3, 0.4) is 0 Å². The van der Waals surface area contributed by atoms with Crippen LogP contribution in [0, 0.1) is 29.1 Å². The predicted molar refractivity (Wildman–Crippen MR) is 109 cm³/mol. The highest BCUT2D eigenvalue weighted by molar-refractivity contribution is 6.01. The van der Waals surface area contributed by atoms with Crippen molar-refractivity contribution in [3.8, 4) is 0 Å². The molecule has 0 N–H and O–H groups in total. The first-order valence-corrected chi connectivity index (χ1v) is 10.9. The van der Waals surface area contributed by atoms with Gasteiger partial charge in [0.25, 0.3) is 0 Å². The average Bonchev–Trinajstić information content (AvgIpc) is 2.59. The standard InChI is InChI=1S/C25H32O3/c1-16(26)24(17(2)27)23(21-6-4-3-5-7-21)11-22(28)15-25-12-18-8-19(13-25)10-20(9-18)14-25/h3-7,18-20,23-24H,8-15H2,1-2H3. The van der Waals surface area contributed by atoms with Gasteiger partial charge in [0.2, 0.25) is 0 Å². The van der Waals surface area contributed by atoms with Crippen LogP contribution in [0.2, 0.25) is 0 Å². The minimum atomic E-state index is -0.720. The lowest BCUT2D eigenvalue weighted by Crippen LogP contribution is -2.47. The molecule has 0 radical (unpaired) electrons. The van der Waals surface area contributed by atoms with Gasteiger partial charge in [0, 0.05) is 18.8 Å². The van der Waals surface area contributed by atoms with Crippen LogP contribution in [0.1, 0.15) is 76.7 Å². The molecule has 0 amide bonds. The van der Waals surface area contributed by atoms with Gasteiger partial charge in [-0.05, 0) is 81.1 Å². The monoisotopic (exact) mass is 380 g/mol. The highest BCUT2D eigenvalue weighted by atomic mass is 16.2. The van der Waals surface area contributed by atoms with E-state index in [1.807, 2.05) is 30.3 Å². The molecule has 0 aliphatic heterocycles. The smallest absolute Gasteiger partial charge is 0.140 e. The summed E-state index contributed by atoms with van der Waals surface area (Å²) < 4.78 is 0. The molecule has 1 aromatic carbocycles. The molecule has 0 saturated heterocycles. The van der Waals surface area contributed by atoms with E-state index in [0.717, 1.165) is 23.3 Å². The highest BCUT2D eigenvalue weighted by Crippen LogP contribution is 2.61. The van der Waals surface area contributed by atoms with Gasteiger partial charge in [-0.25, -0.2) is 0 Å². The van der Waals surface area contributed by atoms with E-state index >= 15 is 0 Å². The molecule has 0 heterocycles. The van der Waals surface area contributed by atoms with E-state index < -0.39 is 5.92 Å². The summed E-state index contributed by atoms with van der Waals surface area (Å²) in [4.78, 5) is 37.8. The SMILES string of the molecule is CC(=O)C(C(C)=O)C(CC(=O)CC12CC3CC(CC(C3)C1)C2)c1ccccc1. The molecular weight excluding hydrogens is 348 g/mol. The normalized spacial score (nSPS) is 31.8. The largest absolute Gasteiger partial charge is 0.300 e. The number of rotatable bonds is 8. The first-order chi connectivity index (χ1) is 13.3. The van der Waals surface area contributed by atoms with Crippen molar-refractivity contribution in [2.45, 2.75) is 71.1 Å². The molecule has 28 heavy (non-hydrogen) atoms. The zero-order valence-electron chi connectivity index (χ0n) is 17.2. The Labute approximate surface area is 168 Å². The van der Waals surface area contributed by atoms with Gasteiger partial charge in [0.05, 0.1) is 5.92 Å². The van der Waals surface area contributed by atoms with E-state index in [1.54, 1.807) is 0 Å². The van der Waals surface area contributed by atoms with Gasteiger partial charge in [-0.1, -0.05) is 30.3 Å². The molecule has 4 aliphatic carbocycles. The van der Waals surface area contributed by atoms with Gasteiger partial charge >= 0.3 is 0 Å². The molecule has 150 valence electrons. The lowest BCUT2D eigenvalue weighted by molar-refractivity contribution is -0.132. The van der Waals surface area contributed by atoms with Crippen molar-refractivity contribution >= 4 is 17.3 Å². The van der Waals surface area contributed by atoms with E-state index in [9.17, 15) is 14.4 Å². The van der Waals surface area contributed by atoms with E-state index in [0.29, 0.717) is 12.8 Å². The number of carbonyl (C=O) groups excluding carboxylic acids is 3. The van der Waals surface area contributed by atoms with E-state index in [-0.39, 0.29) is 28.7 Å². The summed E-state index contributed by atoms with van der Waals surface area (Å²) in [7, 11) is 0. The van der Waals surface area contributed by atoms with Crippen LogP contribution in [0.5, 0.6) is 0 Å². The second kappa shape index (κ2) is 7.57. The summed E-state index contributed by atoms with van der Waals surface area (Å²) in [6, 6.07) is 9.66. The van der Waals surface area contributed by atoms with E-state index in [1.165, 1.54) is 52.4 Å². The first kappa shape index (κ1) is 19.5.